The topological polar surface area (TPSA) is 99.8 Å². The first-order valence-corrected chi connectivity index (χ1v) is 7.91. The molecule has 0 N–H and O–H groups in total. The monoisotopic (exact) mass is 353 g/mol. The molecule has 9 heteroatoms. The summed E-state index contributed by atoms with van der Waals surface area (Å²) >= 11 is 0. The Labute approximate surface area is 144 Å². The van der Waals surface area contributed by atoms with Crippen molar-refractivity contribution >= 4 is 17.8 Å². The maximum absolute atomic E-state index is 12.9. The number of rotatable bonds is 4. The maximum Gasteiger partial charge on any atom is 0.332 e. The number of ether oxygens (including phenoxy) is 2. The van der Waals surface area contributed by atoms with E-state index in [1.54, 1.807) is 11.8 Å². The van der Waals surface area contributed by atoms with Gasteiger partial charge < -0.3 is 14.4 Å². The zero-order valence-electron chi connectivity index (χ0n) is 15.3. The Kier molecular flexibility index (Phi) is 4.79. The number of esters is 2. The predicted octanol–water partition coefficient (Wildman–Crippen LogP) is -0.714. The van der Waals surface area contributed by atoms with Gasteiger partial charge in [0.2, 0.25) is 0 Å². The van der Waals surface area contributed by atoms with Gasteiger partial charge in [0.15, 0.2) is 0 Å². The van der Waals surface area contributed by atoms with Crippen LogP contribution < -0.4 is 16.1 Å². The van der Waals surface area contributed by atoms with E-state index in [2.05, 4.69) is 0 Å². The zero-order chi connectivity index (χ0) is 19.1. The van der Waals surface area contributed by atoms with Crippen molar-refractivity contribution < 1.29 is 19.1 Å². The second kappa shape index (κ2) is 6.38. The van der Waals surface area contributed by atoms with Gasteiger partial charge in [0.1, 0.15) is 11.2 Å². The number of hydrogen-bond donors (Lipinski definition) is 0. The number of nitrogens with zero attached hydrogens (tertiary/aromatic N) is 3. The molecule has 0 saturated heterocycles. The van der Waals surface area contributed by atoms with Gasteiger partial charge in [-0.2, -0.15) is 0 Å². The van der Waals surface area contributed by atoms with Crippen LogP contribution in [0.5, 0.6) is 0 Å². The van der Waals surface area contributed by atoms with E-state index >= 15 is 0 Å². The first-order chi connectivity index (χ1) is 11.7. The van der Waals surface area contributed by atoms with Gasteiger partial charge in [-0.15, -0.1) is 0 Å². The van der Waals surface area contributed by atoms with Crippen LogP contribution in [0.1, 0.15) is 25.8 Å². The van der Waals surface area contributed by atoms with Crippen LogP contribution in [0.4, 0.5) is 5.82 Å². The highest BCUT2D eigenvalue weighted by atomic mass is 16.5. The number of aromatic nitrogens is 2. The van der Waals surface area contributed by atoms with Crippen molar-refractivity contribution in [3.05, 3.63) is 26.4 Å². The molecule has 0 radical (unpaired) electrons. The van der Waals surface area contributed by atoms with Crippen LogP contribution in [0.15, 0.2) is 9.59 Å². The van der Waals surface area contributed by atoms with E-state index in [0.717, 1.165) is 4.57 Å². The minimum absolute atomic E-state index is 0.0868. The van der Waals surface area contributed by atoms with Gasteiger partial charge in [-0.25, -0.2) is 4.79 Å². The number of anilines is 1. The molecule has 0 spiro atoms. The Morgan fingerprint density at radius 1 is 1.12 bits per heavy atom. The highest BCUT2D eigenvalue weighted by Crippen LogP contribution is 2.46. The molecule has 1 aliphatic heterocycles. The molecular formula is C16H23N3O6. The third kappa shape index (κ3) is 2.37. The molecule has 0 saturated carbocycles. The van der Waals surface area contributed by atoms with Crippen LogP contribution in [0.3, 0.4) is 0 Å². The molecule has 9 nitrogen and oxygen atoms in total. The summed E-state index contributed by atoms with van der Waals surface area (Å²) in [5.41, 5.74) is -2.58. The van der Waals surface area contributed by atoms with Gasteiger partial charge in [0, 0.05) is 26.7 Å². The van der Waals surface area contributed by atoms with E-state index < -0.39 is 34.6 Å². The summed E-state index contributed by atoms with van der Waals surface area (Å²) < 4.78 is 12.0. The van der Waals surface area contributed by atoms with E-state index in [-0.39, 0.29) is 12.0 Å². The van der Waals surface area contributed by atoms with Gasteiger partial charge in [0.05, 0.1) is 26.2 Å². The number of carbonyl (C=O) groups is 2. The fraction of sp³-hybridized carbons (Fsp3) is 0.625. The summed E-state index contributed by atoms with van der Waals surface area (Å²) in [6, 6.07) is -0.570. The first kappa shape index (κ1) is 18.8. The highest BCUT2D eigenvalue weighted by Gasteiger charge is 2.59. The lowest BCUT2D eigenvalue weighted by Crippen LogP contribution is -2.52. The van der Waals surface area contributed by atoms with Crippen LogP contribution in [0, 0.1) is 0 Å². The van der Waals surface area contributed by atoms with E-state index in [1.807, 2.05) is 6.92 Å². The van der Waals surface area contributed by atoms with Gasteiger partial charge in [-0.05, 0) is 13.8 Å². The molecule has 0 amide bonds. The second-order valence-corrected chi connectivity index (χ2v) is 6.08. The molecular weight excluding hydrogens is 330 g/mol. The van der Waals surface area contributed by atoms with Crippen molar-refractivity contribution in [3.8, 4) is 0 Å². The lowest BCUT2D eigenvalue weighted by Gasteiger charge is -2.33. The molecule has 2 atom stereocenters. The van der Waals surface area contributed by atoms with E-state index in [1.165, 1.54) is 32.9 Å². The van der Waals surface area contributed by atoms with Crippen molar-refractivity contribution in [3.63, 3.8) is 0 Å². The molecule has 2 heterocycles. The Bertz CT molecular complexity index is 839. The summed E-state index contributed by atoms with van der Waals surface area (Å²) in [4.78, 5) is 51.9. The molecule has 0 fully saturated rings. The van der Waals surface area contributed by atoms with Crippen LogP contribution in [-0.4, -0.2) is 47.9 Å². The van der Waals surface area contributed by atoms with Crippen LogP contribution in [-0.2, 0) is 38.6 Å². The summed E-state index contributed by atoms with van der Waals surface area (Å²) in [6.07, 6.45) is -0.353. The SMILES string of the molecule is CCN1c2c(c(=O)n(C)c(=O)n2C)C(CC(=O)OC)(C(=O)OC)C1C. The van der Waals surface area contributed by atoms with Crippen LogP contribution >= 0.6 is 0 Å². The largest absolute Gasteiger partial charge is 0.469 e. The lowest BCUT2D eigenvalue weighted by atomic mass is 9.75. The summed E-state index contributed by atoms with van der Waals surface area (Å²) in [5, 5.41) is 0. The molecule has 1 aliphatic rings. The van der Waals surface area contributed by atoms with E-state index in [0.29, 0.717) is 12.4 Å². The average molecular weight is 353 g/mol. The van der Waals surface area contributed by atoms with Gasteiger partial charge in [-0.3, -0.25) is 23.5 Å². The number of hydrogen-bond acceptors (Lipinski definition) is 7. The average Bonchev–Trinajstić information content (AvgIpc) is 2.86. The molecule has 0 aromatic carbocycles. The molecule has 0 aliphatic carbocycles. The molecule has 2 unspecified atom stereocenters. The van der Waals surface area contributed by atoms with Crippen LogP contribution in [0.25, 0.3) is 0 Å². The number of carbonyl (C=O) groups excluding carboxylic acids is 2. The third-order valence-corrected chi connectivity index (χ3v) is 5.07. The Hall–Kier alpha value is -2.58. The maximum atomic E-state index is 12.9. The predicted molar refractivity (Wildman–Crippen MR) is 89.7 cm³/mol. The second-order valence-electron chi connectivity index (χ2n) is 6.08. The fourth-order valence-electron chi connectivity index (χ4n) is 3.70. The molecule has 1 aromatic heterocycles. The Morgan fingerprint density at radius 3 is 2.20 bits per heavy atom. The third-order valence-electron chi connectivity index (χ3n) is 5.07. The standard InChI is InChI=1S/C16H23N3O6/c1-7-19-9(2)16(14(22)25-6,8-10(20)24-5)11-12(19)17(3)15(23)18(4)13(11)21/h9H,7-8H2,1-6H3. The van der Waals surface area contributed by atoms with Gasteiger partial charge >= 0.3 is 17.6 Å². The summed E-state index contributed by atoms with van der Waals surface area (Å²) in [5.74, 6) is -1.02. The number of likely N-dealkylation sites (N-methyl/N-ethyl adjacent to an activating group) is 1. The first-order valence-electron chi connectivity index (χ1n) is 7.91. The summed E-state index contributed by atoms with van der Waals surface area (Å²) in [7, 11) is 5.28. The van der Waals surface area contributed by atoms with Gasteiger partial charge in [0.25, 0.3) is 5.56 Å². The van der Waals surface area contributed by atoms with E-state index in [4.69, 9.17) is 9.47 Å². The van der Waals surface area contributed by atoms with Gasteiger partial charge in [-0.1, -0.05) is 0 Å². The lowest BCUT2D eigenvalue weighted by molar-refractivity contribution is -0.154. The van der Waals surface area contributed by atoms with E-state index in [9.17, 15) is 19.2 Å². The zero-order valence-corrected chi connectivity index (χ0v) is 15.3. The normalized spacial score (nSPS) is 21.8. The quantitative estimate of drug-likeness (QED) is 0.659. The smallest absolute Gasteiger partial charge is 0.332 e. The number of methoxy groups -OCH3 is 2. The fourth-order valence-corrected chi connectivity index (χ4v) is 3.70. The molecule has 2 rings (SSSR count). The molecule has 138 valence electrons. The molecule has 1 aromatic rings. The van der Waals surface area contributed by atoms with Crippen molar-refractivity contribution in [2.24, 2.45) is 14.1 Å². The number of fused-ring (bicyclic) bond motifs is 1. The van der Waals surface area contributed by atoms with Crippen molar-refractivity contribution in [1.82, 2.24) is 9.13 Å². The van der Waals surface area contributed by atoms with Crippen molar-refractivity contribution in [2.75, 3.05) is 25.7 Å². The molecule has 0 bridgehead atoms. The minimum Gasteiger partial charge on any atom is -0.469 e. The van der Waals surface area contributed by atoms with Crippen LogP contribution in [0.2, 0.25) is 0 Å². The summed E-state index contributed by atoms with van der Waals surface area (Å²) in [6.45, 7) is 4.01. The Morgan fingerprint density at radius 2 is 1.72 bits per heavy atom. The highest BCUT2D eigenvalue weighted by molar-refractivity contribution is 5.93. The molecule has 25 heavy (non-hydrogen) atoms. The Balaban J connectivity index is 2.98. The minimum atomic E-state index is -1.55. The van der Waals surface area contributed by atoms with Crippen molar-refractivity contribution in [2.45, 2.75) is 31.7 Å². The van der Waals surface area contributed by atoms with Crippen molar-refractivity contribution in [1.29, 1.82) is 0 Å².